The third-order valence-corrected chi connectivity index (χ3v) is 5.50. The van der Waals surface area contributed by atoms with Gasteiger partial charge in [-0.1, -0.05) is 27.7 Å². The van der Waals surface area contributed by atoms with Crippen LogP contribution in [0.5, 0.6) is 0 Å². The number of aromatic nitrogens is 1. The lowest BCUT2D eigenvalue weighted by molar-refractivity contribution is -0.117. The van der Waals surface area contributed by atoms with Gasteiger partial charge in [-0.2, -0.15) is 0 Å². The zero-order valence-electron chi connectivity index (χ0n) is 12.1. The van der Waals surface area contributed by atoms with Gasteiger partial charge in [0.1, 0.15) is 0 Å². The van der Waals surface area contributed by atoms with E-state index in [4.69, 9.17) is 0 Å². The number of fused-ring (bicyclic) bond motifs is 1. The molecule has 114 valence electrons. The largest absolute Gasteiger partial charge is 0.311 e. The van der Waals surface area contributed by atoms with Crippen molar-refractivity contribution in [1.82, 2.24) is 4.98 Å². The number of nitrogens with zero attached hydrogens (tertiary/aromatic N) is 2. The number of pyridine rings is 1. The number of carbonyl (C=O) groups is 2. The molecule has 1 aromatic heterocycles. The fraction of sp³-hybridized carbons (Fsp3) is 0.312. The molecule has 0 N–H and O–H groups in total. The van der Waals surface area contributed by atoms with Gasteiger partial charge in [0, 0.05) is 53.3 Å². The molecule has 0 bridgehead atoms. The standard InChI is InChI=1S/C16H15BrN2O2S/c1-10(20)22-9-11-6-16(21)19(8-11)15-3-2-14(17)12-4-5-18-7-13(12)15/h2-5,7,11H,6,8-9H2,1H3. The van der Waals surface area contributed by atoms with E-state index in [0.717, 1.165) is 20.9 Å². The van der Waals surface area contributed by atoms with Crippen molar-refractivity contribution in [3.63, 3.8) is 0 Å². The Morgan fingerprint density at radius 1 is 1.41 bits per heavy atom. The van der Waals surface area contributed by atoms with Crippen molar-refractivity contribution in [3.8, 4) is 0 Å². The minimum atomic E-state index is 0.101. The van der Waals surface area contributed by atoms with Gasteiger partial charge in [-0.3, -0.25) is 14.6 Å². The molecule has 4 nitrogen and oxygen atoms in total. The Morgan fingerprint density at radius 3 is 3.00 bits per heavy atom. The molecule has 1 aliphatic heterocycles. The van der Waals surface area contributed by atoms with Crippen LogP contribution in [0.4, 0.5) is 5.69 Å². The fourth-order valence-corrected chi connectivity index (χ4v) is 3.91. The van der Waals surface area contributed by atoms with E-state index in [9.17, 15) is 9.59 Å². The summed E-state index contributed by atoms with van der Waals surface area (Å²) < 4.78 is 0.990. The molecule has 3 rings (SSSR count). The first-order valence-electron chi connectivity index (χ1n) is 7.02. The number of halogens is 1. The highest BCUT2D eigenvalue weighted by molar-refractivity contribution is 9.10. The van der Waals surface area contributed by atoms with Crippen LogP contribution >= 0.6 is 27.7 Å². The van der Waals surface area contributed by atoms with Gasteiger partial charge in [-0.25, -0.2) is 0 Å². The molecule has 1 amide bonds. The Balaban J connectivity index is 1.90. The maximum Gasteiger partial charge on any atom is 0.227 e. The quantitative estimate of drug-likeness (QED) is 0.817. The first-order chi connectivity index (χ1) is 10.6. The average Bonchev–Trinajstić information content (AvgIpc) is 2.87. The number of anilines is 1. The van der Waals surface area contributed by atoms with Gasteiger partial charge in [-0.15, -0.1) is 0 Å². The monoisotopic (exact) mass is 378 g/mol. The lowest BCUT2D eigenvalue weighted by atomic mass is 10.1. The number of amides is 1. The molecule has 1 saturated heterocycles. The van der Waals surface area contributed by atoms with Crippen LogP contribution in [0.3, 0.4) is 0 Å². The van der Waals surface area contributed by atoms with Crippen LogP contribution in [-0.4, -0.2) is 28.3 Å². The summed E-state index contributed by atoms with van der Waals surface area (Å²) in [7, 11) is 0. The molecule has 1 aromatic carbocycles. The van der Waals surface area contributed by atoms with Crippen molar-refractivity contribution < 1.29 is 9.59 Å². The van der Waals surface area contributed by atoms with Gasteiger partial charge in [0.15, 0.2) is 5.12 Å². The summed E-state index contributed by atoms with van der Waals surface area (Å²) in [5, 5.41) is 2.11. The van der Waals surface area contributed by atoms with Crippen LogP contribution in [0, 0.1) is 5.92 Å². The maximum atomic E-state index is 12.4. The Bertz CT molecular complexity index is 750. The summed E-state index contributed by atoms with van der Waals surface area (Å²) in [5.41, 5.74) is 0.895. The molecule has 1 unspecified atom stereocenters. The van der Waals surface area contributed by atoms with Crippen molar-refractivity contribution in [2.75, 3.05) is 17.2 Å². The van der Waals surface area contributed by atoms with Gasteiger partial charge >= 0.3 is 0 Å². The summed E-state index contributed by atoms with van der Waals surface area (Å²) in [5.74, 6) is 1.03. The third kappa shape index (κ3) is 3.03. The Morgan fingerprint density at radius 2 is 2.23 bits per heavy atom. The Labute approximate surface area is 141 Å². The maximum absolute atomic E-state index is 12.4. The summed E-state index contributed by atoms with van der Waals surface area (Å²) in [6, 6.07) is 5.85. The van der Waals surface area contributed by atoms with Gasteiger partial charge in [0.2, 0.25) is 5.91 Å². The second-order valence-electron chi connectivity index (χ2n) is 5.36. The molecule has 0 saturated carbocycles. The second kappa shape index (κ2) is 6.38. The summed E-state index contributed by atoms with van der Waals surface area (Å²) in [6.45, 7) is 2.22. The van der Waals surface area contributed by atoms with Gasteiger partial charge in [-0.05, 0) is 24.1 Å². The second-order valence-corrected chi connectivity index (χ2v) is 7.42. The number of hydrogen-bond acceptors (Lipinski definition) is 4. The number of carbonyl (C=O) groups excluding carboxylic acids is 2. The van der Waals surface area contributed by atoms with Crippen LogP contribution in [0.25, 0.3) is 10.8 Å². The summed E-state index contributed by atoms with van der Waals surface area (Å²) in [4.78, 5) is 29.5. The molecule has 0 aliphatic carbocycles. The zero-order valence-corrected chi connectivity index (χ0v) is 14.5. The van der Waals surface area contributed by atoms with Crippen molar-refractivity contribution in [1.29, 1.82) is 0 Å². The highest BCUT2D eigenvalue weighted by atomic mass is 79.9. The zero-order chi connectivity index (χ0) is 15.7. The summed E-state index contributed by atoms with van der Waals surface area (Å²) >= 11 is 4.83. The molecular formula is C16H15BrN2O2S. The van der Waals surface area contributed by atoms with Crippen LogP contribution in [-0.2, 0) is 9.59 Å². The molecule has 0 spiro atoms. The van der Waals surface area contributed by atoms with Crippen molar-refractivity contribution in [2.45, 2.75) is 13.3 Å². The predicted molar refractivity (Wildman–Crippen MR) is 93.0 cm³/mol. The molecule has 0 radical (unpaired) electrons. The van der Waals surface area contributed by atoms with E-state index in [2.05, 4.69) is 20.9 Å². The highest BCUT2D eigenvalue weighted by Crippen LogP contribution is 2.35. The first-order valence-corrected chi connectivity index (χ1v) is 8.80. The lowest BCUT2D eigenvalue weighted by Gasteiger charge is -2.19. The van der Waals surface area contributed by atoms with Crippen LogP contribution in [0.15, 0.2) is 35.1 Å². The van der Waals surface area contributed by atoms with E-state index < -0.39 is 0 Å². The third-order valence-electron chi connectivity index (χ3n) is 3.76. The molecule has 22 heavy (non-hydrogen) atoms. The van der Waals surface area contributed by atoms with Crippen LogP contribution in [0.2, 0.25) is 0 Å². The van der Waals surface area contributed by atoms with Crippen molar-refractivity contribution >= 4 is 55.2 Å². The molecule has 1 aliphatic rings. The van der Waals surface area contributed by atoms with Crippen molar-refractivity contribution in [3.05, 3.63) is 35.1 Å². The van der Waals surface area contributed by atoms with Gasteiger partial charge in [0.25, 0.3) is 0 Å². The van der Waals surface area contributed by atoms with Crippen LogP contribution in [0.1, 0.15) is 13.3 Å². The van der Waals surface area contributed by atoms with E-state index in [0.29, 0.717) is 18.7 Å². The van der Waals surface area contributed by atoms with E-state index in [1.807, 2.05) is 23.1 Å². The highest BCUT2D eigenvalue weighted by Gasteiger charge is 2.31. The number of thioether (sulfide) groups is 1. The number of rotatable bonds is 3. The number of hydrogen-bond donors (Lipinski definition) is 0. The Hall–Kier alpha value is -1.40. The lowest BCUT2D eigenvalue weighted by Crippen LogP contribution is -2.25. The fourth-order valence-electron chi connectivity index (χ4n) is 2.74. The van der Waals surface area contributed by atoms with E-state index in [-0.39, 0.29) is 16.9 Å². The minimum absolute atomic E-state index is 0.101. The smallest absolute Gasteiger partial charge is 0.227 e. The van der Waals surface area contributed by atoms with E-state index in [1.165, 1.54) is 11.8 Å². The molecular weight excluding hydrogens is 364 g/mol. The Kier molecular flexibility index (Phi) is 4.49. The molecule has 2 aromatic rings. The normalized spacial score (nSPS) is 18.2. The topological polar surface area (TPSA) is 50.3 Å². The molecule has 1 atom stereocenters. The minimum Gasteiger partial charge on any atom is -0.311 e. The summed E-state index contributed by atoms with van der Waals surface area (Å²) in [6.07, 6.45) is 4.04. The predicted octanol–water partition coefficient (Wildman–Crippen LogP) is 3.63. The number of benzene rings is 1. The van der Waals surface area contributed by atoms with E-state index in [1.54, 1.807) is 19.3 Å². The SMILES string of the molecule is CC(=O)SCC1CC(=O)N(c2ccc(Br)c3ccncc23)C1. The first kappa shape index (κ1) is 15.5. The van der Waals surface area contributed by atoms with Crippen LogP contribution < -0.4 is 4.90 Å². The molecule has 2 heterocycles. The van der Waals surface area contributed by atoms with E-state index >= 15 is 0 Å². The van der Waals surface area contributed by atoms with Gasteiger partial charge < -0.3 is 4.90 Å². The molecule has 1 fully saturated rings. The average molecular weight is 379 g/mol. The molecule has 6 heteroatoms. The van der Waals surface area contributed by atoms with Gasteiger partial charge in [0.05, 0.1) is 5.69 Å². The van der Waals surface area contributed by atoms with Crippen molar-refractivity contribution in [2.24, 2.45) is 5.92 Å².